The van der Waals surface area contributed by atoms with Gasteiger partial charge in [0.2, 0.25) is 0 Å². The predicted octanol–water partition coefficient (Wildman–Crippen LogP) is 4.75. The Labute approximate surface area is 127 Å². The highest BCUT2D eigenvalue weighted by molar-refractivity contribution is 14.1. The molecule has 0 amide bonds. The summed E-state index contributed by atoms with van der Waals surface area (Å²) in [6, 6.07) is 11.2. The molecule has 1 nitrogen and oxygen atoms in total. The normalized spacial score (nSPS) is 12.6. The van der Waals surface area contributed by atoms with Crippen molar-refractivity contribution in [2.45, 2.75) is 26.3 Å². The molecule has 2 aromatic rings. The Hall–Kier alpha value is -0.390. The summed E-state index contributed by atoms with van der Waals surface area (Å²) >= 11 is 4.25. The van der Waals surface area contributed by atoms with Crippen LogP contribution in [0.3, 0.4) is 0 Å². The van der Waals surface area contributed by atoms with E-state index >= 15 is 0 Å². The van der Waals surface area contributed by atoms with Crippen LogP contribution in [-0.2, 0) is 0 Å². The monoisotopic (exact) mass is 371 g/mol. The molecule has 1 heterocycles. The van der Waals surface area contributed by atoms with Gasteiger partial charge < -0.3 is 5.32 Å². The summed E-state index contributed by atoms with van der Waals surface area (Å²) in [5.74, 6) is 0. The van der Waals surface area contributed by atoms with Crippen molar-refractivity contribution in [3.8, 4) is 0 Å². The van der Waals surface area contributed by atoms with Crippen molar-refractivity contribution >= 4 is 33.9 Å². The van der Waals surface area contributed by atoms with E-state index in [0.29, 0.717) is 6.04 Å². The minimum absolute atomic E-state index is 0.323. The van der Waals surface area contributed by atoms with Crippen molar-refractivity contribution in [1.82, 2.24) is 5.32 Å². The van der Waals surface area contributed by atoms with Crippen molar-refractivity contribution in [1.29, 1.82) is 0 Å². The Bertz CT molecular complexity index is 507. The number of nitrogens with one attached hydrogen (secondary N) is 1. The summed E-state index contributed by atoms with van der Waals surface area (Å²) in [5.41, 5.74) is 2.80. The smallest absolute Gasteiger partial charge is 0.0598 e. The Morgan fingerprint density at radius 2 is 2.00 bits per heavy atom. The third-order valence-corrected chi connectivity index (χ3v) is 4.87. The van der Waals surface area contributed by atoms with Crippen molar-refractivity contribution in [2.24, 2.45) is 0 Å². The van der Waals surface area contributed by atoms with Gasteiger partial charge in [0, 0.05) is 8.45 Å². The third kappa shape index (κ3) is 3.13. The number of rotatable bonds is 5. The van der Waals surface area contributed by atoms with Gasteiger partial charge in [-0.2, -0.15) is 0 Å². The lowest BCUT2D eigenvalue weighted by Gasteiger charge is -2.20. The van der Waals surface area contributed by atoms with Crippen LogP contribution in [-0.4, -0.2) is 6.54 Å². The highest BCUT2D eigenvalue weighted by atomic mass is 127. The second kappa shape index (κ2) is 6.68. The van der Waals surface area contributed by atoms with Gasteiger partial charge in [0.05, 0.1) is 6.04 Å². The maximum absolute atomic E-state index is 3.67. The topological polar surface area (TPSA) is 12.0 Å². The lowest BCUT2D eigenvalue weighted by atomic mass is 9.99. The molecule has 1 N–H and O–H groups in total. The molecule has 1 aromatic carbocycles. The lowest BCUT2D eigenvalue weighted by Crippen LogP contribution is -2.24. The molecule has 3 heteroatoms. The van der Waals surface area contributed by atoms with Gasteiger partial charge in [-0.05, 0) is 71.1 Å². The molecule has 0 saturated heterocycles. The zero-order valence-corrected chi connectivity index (χ0v) is 13.7. The number of thiophene rings is 1. The summed E-state index contributed by atoms with van der Waals surface area (Å²) in [6.45, 7) is 5.46. The number of halogens is 1. The van der Waals surface area contributed by atoms with E-state index < -0.39 is 0 Å². The van der Waals surface area contributed by atoms with Crippen LogP contribution < -0.4 is 5.32 Å². The van der Waals surface area contributed by atoms with Crippen LogP contribution >= 0.6 is 33.9 Å². The average molecular weight is 371 g/mol. The molecule has 0 saturated carbocycles. The zero-order valence-electron chi connectivity index (χ0n) is 10.7. The second-order valence-corrected chi connectivity index (χ2v) is 6.62. The van der Waals surface area contributed by atoms with E-state index in [1.165, 1.54) is 19.6 Å². The number of benzene rings is 1. The Morgan fingerprint density at radius 1 is 1.22 bits per heavy atom. The van der Waals surface area contributed by atoms with Crippen LogP contribution in [0.25, 0.3) is 0 Å². The van der Waals surface area contributed by atoms with Crippen LogP contribution in [0, 0.1) is 10.5 Å². The standard InChI is InChI=1S/C15H18INS/c1-3-9-17-15(12-8-10-18-11(12)2)13-6-4-5-7-14(13)16/h4-8,10,15,17H,3,9H2,1-2H3. The molecule has 96 valence electrons. The Morgan fingerprint density at radius 3 is 2.61 bits per heavy atom. The van der Waals surface area contributed by atoms with Gasteiger partial charge in [-0.15, -0.1) is 11.3 Å². The van der Waals surface area contributed by atoms with Crippen LogP contribution in [0.15, 0.2) is 35.7 Å². The maximum atomic E-state index is 3.67. The largest absolute Gasteiger partial charge is 0.306 e. The molecule has 18 heavy (non-hydrogen) atoms. The van der Waals surface area contributed by atoms with Gasteiger partial charge in [-0.1, -0.05) is 25.1 Å². The highest BCUT2D eigenvalue weighted by Crippen LogP contribution is 2.30. The first kappa shape index (κ1) is 14.0. The van der Waals surface area contributed by atoms with E-state index in [0.717, 1.165) is 13.0 Å². The van der Waals surface area contributed by atoms with Gasteiger partial charge in [0.1, 0.15) is 0 Å². The highest BCUT2D eigenvalue weighted by Gasteiger charge is 2.18. The molecular formula is C15H18INS. The van der Waals surface area contributed by atoms with E-state index in [2.05, 4.69) is 77.5 Å². The van der Waals surface area contributed by atoms with Gasteiger partial charge in [0.25, 0.3) is 0 Å². The SMILES string of the molecule is CCCNC(c1ccccc1I)c1ccsc1C. The molecule has 0 bridgehead atoms. The van der Waals surface area contributed by atoms with Crippen molar-refractivity contribution in [3.63, 3.8) is 0 Å². The van der Waals surface area contributed by atoms with Crippen LogP contribution in [0.5, 0.6) is 0 Å². The molecule has 0 aliphatic carbocycles. The van der Waals surface area contributed by atoms with E-state index in [1.54, 1.807) is 0 Å². The molecule has 0 radical (unpaired) electrons. The van der Waals surface area contributed by atoms with E-state index in [-0.39, 0.29) is 0 Å². The average Bonchev–Trinajstić information content (AvgIpc) is 2.78. The van der Waals surface area contributed by atoms with Gasteiger partial charge >= 0.3 is 0 Å². The minimum Gasteiger partial charge on any atom is -0.306 e. The Kier molecular flexibility index (Phi) is 5.21. The predicted molar refractivity (Wildman–Crippen MR) is 88.4 cm³/mol. The molecule has 2 rings (SSSR count). The lowest BCUT2D eigenvalue weighted by molar-refractivity contribution is 0.596. The minimum atomic E-state index is 0.323. The number of hydrogen-bond donors (Lipinski definition) is 1. The summed E-state index contributed by atoms with van der Waals surface area (Å²) in [7, 11) is 0. The molecule has 1 aromatic heterocycles. The molecular weight excluding hydrogens is 353 g/mol. The zero-order chi connectivity index (χ0) is 13.0. The van der Waals surface area contributed by atoms with Crippen molar-refractivity contribution < 1.29 is 0 Å². The number of aryl methyl sites for hydroxylation is 1. The van der Waals surface area contributed by atoms with Crippen LogP contribution in [0.2, 0.25) is 0 Å². The number of hydrogen-bond acceptors (Lipinski definition) is 2. The van der Waals surface area contributed by atoms with Gasteiger partial charge in [-0.3, -0.25) is 0 Å². The second-order valence-electron chi connectivity index (χ2n) is 4.34. The molecule has 0 spiro atoms. The molecule has 1 atom stereocenters. The van der Waals surface area contributed by atoms with Crippen molar-refractivity contribution in [2.75, 3.05) is 6.54 Å². The van der Waals surface area contributed by atoms with E-state index in [4.69, 9.17) is 0 Å². The fourth-order valence-corrected chi connectivity index (χ4v) is 3.52. The molecule has 0 aliphatic heterocycles. The fourth-order valence-electron chi connectivity index (χ4n) is 2.08. The van der Waals surface area contributed by atoms with Crippen LogP contribution in [0.4, 0.5) is 0 Å². The molecule has 0 aliphatic rings. The Balaban J connectivity index is 2.37. The van der Waals surface area contributed by atoms with Crippen molar-refractivity contribution in [3.05, 3.63) is 55.3 Å². The summed E-state index contributed by atoms with van der Waals surface area (Å²) < 4.78 is 1.33. The van der Waals surface area contributed by atoms with Gasteiger partial charge in [0.15, 0.2) is 0 Å². The third-order valence-electron chi connectivity index (χ3n) is 3.02. The van der Waals surface area contributed by atoms with Crippen LogP contribution in [0.1, 0.15) is 35.4 Å². The summed E-state index contributed by atoms with van der Waals surface area (Å²) in [6.07, 6.45) is 1.16. The summed E-state index contributed by atoms with van der Waals surface area (Å²) in [5, 5.41) is 5.85. The first-order chi connectivity index (χ1) is 8.74. The molecule has 1 unspecified atom stereocenters. The maximum Gasteiger partial charge on any atom is 0.0598 e. The molecule has 0 fully saturated rings. The van der Waals surface area contributed by atoms with Gasteiger partial charge in [-0.25, -0.2) is 0 Å². The summed E-state index contributed by atoms with van der Waals surface area (Å²) in [4.78, 5) is 1.41. The quantitative estimate of drug-likeness (QED) is 0.748. The van der Waals surface area contributed by atoms with E-state index in [9.17, 15) is 0 Å². The first-order valence-corrected chi connectivity index (χ1v) is 8.21. The fraction of sp³-hybridized carbons (Fsp3) is 0.333. The van der Waals surface area contributed by atoms with E-state index in [1.807, 2.05) is 11.3 Å². The first-order valence-electron chi connectivity index (χ1n) is 6.25.